The summed E-state index contributed by atoms with van der Waals surface area (Å²) in [6, 6.07) is 12.4. The maximum Gasteiger partial charge on any atom is 0.243 e. The smallest absolute Gasteiger partial charge is 0.243 e. The number of carbonyl (C=O) groups excluding carboxylic acids is 2. The minimum atomic E-state index is -0.349. The van der Waals surface area contributed by atoms with Crippen molar-refractivity contribution in [2.24, 2.45) is 0 Å². The van der Waals surface area contributed by atoms with E-state index in [1.807, 2.05) is 24.3 Å². The Morgan fingerprint density at radius 3 is 2.53 bits per heavy atom. The first-order valence-electron chi connectivity index (χ1n) is 9.83. The van der Waals surface area contributed by atoms with Crippen molar-refractivity contribution < 1.29 is 18.7 Å². The fourth-order valence-corrected chi connectivity index (χ4v) is 3.57. The molecule has 0 bridgehead atoms. The van der Waals surface area contributed by atoms with E-state index in [0.29, 0.717) is 28.9 Å². The van der Waals surface area contributed by atoms with Gasteiger partial charge in [-0.05, 0) is 48.4 Å². The molecule has 1 aliphatic rings. The molecule has 3 rings (SSSR count). The van der Waals surface area contributed by atoms with Crippen LogP contribution in [0.5, 0.6) is 0 Å². The van der Waals surface area contributed by atoms with E-state index in [2.05, 4.69) is 26.1 Å². The first-order valence-corrected chi connectivity index (χ1v) is 10.6. The predicted molar refractivity (Wildman–Crippen MR) is 118 cm³/mol. The maximum atomic E-state index is 13.9. The average molecular weight is 478 g/mol. The quantitative estimate of drug-likeness (QED) is 0.663. The summed E-state index contributed by atoms with van der Waals surface area (Å²) in [7, 11) is 1.57. The standard InChI is InChI=1S/C22H25BrFN3O3/c1-26(22(29)9-3-16-2-4-17(23)14-20(16)24)15-21(28)25-18-5-7-19(8-6-18)27-10-12-30-13-11-27/h2,4-8,14H,3,9-13,15H2,1H3,(H,25,28). The highest BCUT2D eigenvalue weighted by molar-refractivity contribution is 9.10. The van der Waals surface area contributed by atoms with Crippen molar-refractivity contribution in [1.82, 2.24) is 4.90 Å². The van der Waals surface area contributed by atoms with Crippen molar-refractivity contribution >= 4 is 39.1 Å². The van der Waals surface area contributed by atoms with Gasteiger partial charge >= 0.3 is 0 Å². The highest BCUT2D eigenvalue weighted by Gasteiger charge is 2.15. The zero-order valence-corrected chi connectivity index (χ0v) is 18.5. The molecule has 1 aliphatic heterocycles. The summed E-state index contributed by atoms with van der Waals surface area (Å²) in [5, 5.41) is 2.81. The lowest BCUT2D eigenvalue weighted by atomic mass is 10.1. The van der Waals surface area contributed by atoms with Crippen LogP contribution in [0.25, 0.3) is 0 Å². The third kappa shape index (κ3) is 6.27. The largest absolute Gasteiger partial charge is 0.378 e. The fourth-order valence-electron chi connectivity index (χ4n) is 3.24. The van der Waals surface area contributed by atoms with Crippen molar-refractivity contribution in [3.8, 4) is 0 Å². The van der Waals surface area contributed by atoms with E-state index < -0.39 is 0 Å². The number of halogens is 2. The van der Waals surface area contributed by atoms with Crippen LogP contribution in [0.1, 0.15) is 12.0 Å². The number of amides is 2. The second-order valence-corrected chi connectivity index (χ2v) is 8.10. The summed E-state index contributed by atoms with van der Waals surface area (Å²) in [5.74, 6) is -0.840. The van der Waals surface area contributed by atoms with Crippen LogP contribution in [0.4, 0.5) is 15.8 Å². The minimum Gasteiger partial charge on any atom is -0.378 e. The van der Waals surface area contributed by atoms with Crippen LogP contribution in [0, 0.1) is 5.82 Å². The Hall–Kier alpha value is -2.45. The topological polar surface area (TPSA) is 61.9 Å². The summed E-state index contributed by atoms with van der Waals surface area (Å²) in [5.41, 5.74) is 2.24. The number of nitrogens with one attached hydrogen (secondary N) is 1. The molecule has 6 nitrogen and oxygen atoms in total. The van der Waals surface area contributed by atoms with Gasteiger partial charge in [0.1, 0.15) is 5.82 Å². The van der Waals surface area contributed by atoms with Crippen LogP contribution in [0.2, 0.25) is 0 Å². The second kappa shape index (κ2) is 10.5. The van der Waals surface area contributed by atoms with Crippen molar-refractivity contribution in [3.05, 3.63) is 58.3 Å². The summed E-state index contributed by atoms with van der Waals surface area (Å²) in [6.45, 7) is 3.07. The van der Waals surface area contributed by atoms with Crippen LogP contribution in [-0.2, 0) is 20.7 Å². The lowest BCUT2D eigenvalue weighted by molar-refractivity contribution is -0.133. The summed E-state index contributed by atoms with van der Waals surface area (Å²) < 4.78 is 19.9. The van der Waals surface area contributed by atoms with E-state index >= 15 is 0 Å². The third-order valence-corrected chi connectivity index (χ3v) is 5.45. The molecule has 1 heterocycles. The van der Waals surface area contributed by atoms with Crippen LogP contribution in [-0.4, -0.2) is 56.6 Å². The van der Waals surface area contributed by atoms with Crippen molar-refractivity contribution in [2.75, 3.05) is 50.1 Å². The number of carbonyl (C=O) groups is 2. The molecule has 8 heteroatoms. The normalized spacial score (nSPS) is 13.8. The van der Waals surface area contributed by atoms with Crippen LogP contribution in [0.15, 0.2) is 46.9 Å². The molecular formula is C22H25BrFN3O3. The van der Waals surface area contributed by atoms with E-state index in [9.17, 15) is 14.0 Å². The Morgan fingerprint density at radius 1 is 1.17 bits per heavy atom. The number of likely N-dealkylation sites (N-methyl/N-ethyl adjacent to an activating group) is 1. The lowest BCUT2D eigenvalue weighted by Gasteiger charge is -2.28. The van der Waals surface area contributed by atoms with Gasteiger partial charge in [0.25, 0.3) is 0 Å². The van der Waals surface area contributed by atoms with E-state index in [0.717, 1.165) is 18.8 Å². The van der Waals surface area contributed by atoms with Gasteiger partial charge in [0.05, 0.1) is 19.8 Å². The maximum absolute atomic E-state index is 13.9. The zero-order chi connectivity index (χ0) is 21.5. The highest BCUT2D eigenvalue weighted by atomic mass is 79.9. The summed E-state index contributed by atoms with van der Waals surface area (Å²) in [6.07, 6.45) is 0.420. The molecule has 2 aromatic carbocycles. The number of morpholine rings is 1. The van der Waals surface area contributed by atoms with E-state index in [1.165, 1.54) is 11.0 Å². The number of ether oxygens (including phenoxy) is 1. The van der Waals surface area contributed by atoms with Gasteiger partial charge in [-0.1, -0.05) is 22.0 Å². The Bertz CT molecular complexity index is 886. The monoisotopic (exact) mass is 477 g/mol. The summed E-state index contributed by atoms with van der Waals surface area (Å²) >= 11 is 3.21. The molecule has 0 radical (unpaired) electrons. The fraction of sp³-hybridized carbons (Fsp3) is 0.364. The summed E-state index contributed by atoms with van der Waals surface area (Å²) in [4.78, 5) is 28.2. The van der Waals surface area contributed by atoms with Gasteiger partial charge < -0.3 is 19.9 Å². The molecule has 160 valence electrons. The number of hydrogen-bond acceptors (Lipinski definition) is 4. The van der Waals surface area contributed by atoms with Crippen LogP contribution < -0.4 is 10.2 Å². The molecule has 2 amide bonds. The molecule has 0 aliphatic carbocycles. The number of aryl methyl sites for hydroxylation is 1. The molecule has 0 aromatic heterocycles. The molecule has 2 aromatic rings. The first-order chi connectivity index (χ1) is 14.4. The SMILES string of the molecule is CN(CC(=O)Nc1ccc(N2CCOCC2)cc1)C(=O)CCc1ccc(Br)cc1F. The van der Waals surface area contributed by atoms with Gasteiger partial charge in [-0.15, -0.1) is 0 Å². The van der Waals surface area contributed by atoms with Gasteiger partial charge in [-0.3, -0.25) is 9.59 Å². The van der Waals surface area contributed by atoms with Crippen LogP contribution >= 0.6 is 15.9 Å². The Kier molecular flexibility index (Phi) is 7.81. The van der Waals surface area contributed by atoms with E-state index in [1.54, 1.807) is 19.2 Å². The number of benzene rings is 2. The third-order valence-electron chi connectivity index (χ3n) is 4.96. The van der Waals surface area contributed by atoms with E-state index in [-0.39, 0.29) is 37.0 Å². The van der Waals surface area contributed by atoms with Crippen LogP contribution in [0.3, 0.4) is 0 Å². The van der Waals surface area contributed by atoms with Crippen molar-refractivity contribution in [1.29, 1.82) is 0 Å². The molecule has 1 saturated heterocycles. The molecule has 0 saturated carbocycles. The molecule has 30 heavy (non-hydrogen) atoms. The molecular weight excluding hydrogens is 453 g/mol. The first kappa shape index (κ1) is 22.2. The zero-order valence-electron chi connectivity index (χ0n) is 16.9. The van der Waals surface area contributed by atoms with Gasteiger partial charge in [0, 0.05) is 42.4 Å². The lowest BCUT2D eigenvalue weighted by Crippen LogP contribution is -2.36. The van der Waals surface area contributed by atoms with Crippen molar-refractivity contribution in [2.45, 2.75) is 12.8 Å². The number of nitrogens with zero attached hydrogens (tertiary/aromatic N) is 2. The van der Waals surface area contributed by atoms with Gasteiger partial charge in [0.2, 0.25) is 11.8 Å². The number of anilines is 2. The minimum absolute atomic E-state index is 0.0626. The highest BCUT2D eigenvalue weighted by Crippen LogP contribution is 2.19. The average Bonchev–Trinajstić information content (AvgIpc) is 2.74. The molecule has 1 N–H and O–H groups in total. The van der Waals surface area contributed by atoms with Gasteiger partial charge in [0.15, 0.2) is 0 Å². The Morgan fingerprint density at radius 2 is 1.87 bits per heavy atom. The molecule has 0 atom stereocenters. The Balaban J connectivity index is 1.45. The Labute approximate surface area is 184 Å². The van der Waals surface area contributed by atoms with E-state index in [4.69, 9.17) is 4.74 Å². The molecule has 0 spiro atoms. The van der Waals surface area contributed by atoms with Crippen molar-refractivity contribution in [3.63, 3.8) is 0 Å². The molecule has 0 unspecified atom stereocenters. The van der Waals surface area contributed by atoms with Gasteiger partial charge in [-0.2, -0.15) is 0 Å². The second-order valence-electron chi connectivity index (χ2n) is 7.18. The molecule has 1 fully saturated rings. The van der Waals surface area contributed by atoms with Gasteiger partial charge in [-0.25, -0.2) is 4.39 Å². The number of hydrogen-bond donors (Lipinski definition) is 1. The predicted octanol–water partition coefficient (Wildman–Crippen LogP) is 3.45. The number of rotatable bonds is 7.